The molecule has 0 radical (unpaired) electrons. The Kier molecular flexibility index (Phi) is 3.75. The molecule has 1 aliphatic rings. The molecule has 0 fully saturated rings. The smallest absolute Gasteiger partial charge is 0.0184 e. The van der Waals surface area contributed by atoms with Crippen molar-refractivity contribution in [2.24, 2.45) is 0 Å². The van der Waals surface area contributed by atoms with E-state index in [1.54, 1.807) is 0 Å². The molecule has 0 aliphatic heterocycles. The second-order valence-electron chi connectivity index (χ2n) is 4.69. The van der Waals surface area contributed by atoms with Crippen molar-refractivity contribution in [2.75, 3.05) is 0 Å². The first-order valence-electron chi connectivity index (χ1n) is 6.81. The lowest BCUT2D eigenvalue weighted by Gasteiger charge is -2.05. The third-order valence-corrected chi connectivity index (χ3v) is 3.32. The molecule has 0 bridgehead atoms. The molecule has 1 aliphatic carbocycles. The molecule has 0 saturated heterocycles. The van der Waals surface area contributed by atoms with Gasteiger partial charge in [0.2, 0.25) is 0 Å². The van der Waals surface area contributed by atoms with Crippen LogP contribution in [0.4, 0.5) is 0 Å². The summed E-state index contributed by atoms with van der Waals surface area (Å²) < 4.78 is 0. The van der Waals surface area contributed by atoms with Gasteiger partial charge in [-0.3, -0.25) is 0 Å². The monoisotopic (exact) mass is 256 g/mol. The highest BCUT2D eigenvalue weighted by atomic mass is 14.0. The van der Waals surface area contributed by atoms with Crippen molar-refractivity contribution in [3.63, 3.8) is 0 Å². The third kappa shape index (κ3) is 2.86. The van der Waals surface area contributed by atoms with Gasteiger partial charge in [-0.05, 0) is 22.3 Å². The van der Waals surface area contributed by atoms with E-state index in [9.17, 15) is 0 Å². The van der Waals surface area contributed by atoms with Gasteiger partial charge in [0.05, 0.1) is 0 Å². The highest BCUT2D eigenvalue weighted by molar-refractivity contribution is 5.82. The van der Waals surface area contributed by atoms with Crippen LogP contribution in [-0.4, -0.2) is 0 Å². The summed E-state index contributed by atoms with van der Waals surface area (Å²) in [6.07, 6.45) is 12.8. The van der Waals surface area contributed by atoms with Crippen molar-refractivity contribution in [2.45, 2.75) is 0 Å². The Labute approximate surface area is 120 Å². The molecule has 0 saturated carbocycles. The second-order valence-corrected chi connectivity index (χ2v) is 4.69. The molecule has 0 spiro atoms. The van der Waals surface area contributed by atoms with Crippen molar-refractivity contribution in [3.05, 3.63) is 108 Å². The Morgan fingerprint density at radius 3 is 1.25 bits per heavy atom. The summed E-state index contributed by atoms with van der Waals surface area (Å²) in [5, 5.41) is 0. The maximum absolute atomic E-state index is 2.18. The van der Waals surface area contributed by atoms with E-state index < -0.39 is 0 Å². The summed E-state index contributed by atoms with van der Waals surface area (Å²) >= 11 is 0. The second kappa shape index (κ2) is 6.03. The van der Waals surface area contributed by atoms with Gasteiger partial charge < -0.3 is 0 Å². The van der Waals surface area contributed by atoms with Crippen LogP contribution in [0.2, 0.25) is 0 Å². The van der Waals surface area contributed by atoms with Crippen LogP contribution in [0, 0.1) is 0 Å². The molecule has 3 rings (SSSR count). The number of hydrogen-bond donors (Lipinski definition) is 0. The molecule has 2 aromatic carbocycles. The summed E-state index contributed by atoms with van der Waals surface area (Å²) in [7, 11) is 0. The average molecular weight is 256 g/mol. The lowest BCUT2D eigenvalue weighted by atomic mass is 9.99. The Bertz CT molecular complexity index is 620. The molecule has 96 valence electrons. The summed E-state index contributed by atoms with van der Waals surface area (Å²) in [6, 6.07) is 20.9. The first-order chi connectivity index (χ1) is 9.93. The zero-order valence-electron chi connectivity index (χ0n) is 11.2. The fourth-order valence-corrected chi connectivity index (χ4v) is 2.26. The highest BCUT2D eigenvalue weighted by Crippen LogP contribution is 2.22. The summed E-state index contributed by atoms with van der Waals surface area (Å²) in [5.41, 5.74) is 4.93. The van der Waals surface area contributed by atoms with E-state index in [4.69, 9.17) is 0 Å². The topological polar surface area (TPSA) is 0 Å². The summed E-state index contributed by atoms with van der Waals surface area (Å²) in [5.74, 6) is 0. The first kappa shape index (κ1) is 12.4. The van der Waals surface area contributed by atoms with Gasteiger partial charge in [-0.1, -0.05) is 97.1 Å². The molecule has 0 N–H and O–H groups in total. The number of allylic oxidation sites excluding steroid dienone is 8. The van der Waals surface area contributed by atoms with Crippen LogP contribution in [-0.2, 0) is 0 Å². The van der Waals surface area contributed by atoms with Gasteiger partial charge in [0.1, 0.15) is 0 Å². The predicted octanol–water partition coefficient (Wildman–Crippen LogP) is 5.28. The van der Waals surface area contributed by atoms with Crippen LogP contribution in [0.3, 0.4) is 0 Å². The largest absolute Gasteiger partial charge is 0.0622 e. The summed E-state index contributed by atoms with van der Waals surface area (Å²) in [6.45, 7) is 0. The van der Waals surface area contributed by atoms with Gasteiger partial charge in [0, 0.05) is 0 Å². The van der Waals surface area contributed by atoms with E-state index >= 15 is 0 Å². The van der Waals surface area contributed by atoms with Gasteiger partial charge in [0.25, 0.3) is 0 Å². The first-order valence-corrected chi connectivity index (χ1v) is 6.81. The van der Waals surface area contributed by atoms with Crippen molar-refractivity contribution < 1.29 is 0 Å². The number of hydrogen-bond acceptors (Lipinski definition) is 0. The normalized spacial score (nSPS) is 14.2. The summed E-state index contributed by atoms with van der Waals surface area (Å²) in [4.78, 5) is 0. The molecule has 0 aromatic heterocycles. The van der Waals surface area contributed by atoms with E-state index in [1.165, 1.54) is 22.3 Å². The fraction of sp³-hybridized carbons (Fsp3) is 0. The maximum atomic E-state index is 2.18. The zero-order valence-corrected chi connectivity index (χ0v) is 11.2. The van der Waals surface area contributed by atoms with Crippen LogP contribution in [0.5, 0.6) is 0 Å². The van der Waals surface area contributed by atoms with Crippen LogP contribution in [0.15, 0.2) is 97.1 Å². The number of rotatable bonds is 2. The van der Waals surface area contributed by atoms with Gasteiger partial charge >= 0.3 is 0 Å². The molecule has 0 heterocycles. The minimum atomic E-state index is 1.23. The Morgan fingerprint density at radius 1 is 0.450 bits per heavy atom. The minimum absolute atomic E-state index is 1.23. The van der Waals surface area contributed by atoms with Crippen molar-refractivity contribution in [3.8, 4) is 0 Å². The molecular weight excluding hydrogens is 240 g/mol. The van der Waals surface area contributed by atoms with Crippen LogP contribution < -0.4 is 0 Å². The van der Waals surface area contributed by atoms with E-state index in [2.05, 4.69) is 85.0 Å². The van der Waals surface area contributed by atoms with Gasteiger partial charge in [-0.25, -0.2) is 0 Å². The Morgan fingerprint density at radius 2 is 0.850 bits per heavy atom. The van der Waals surface area contributed by atoms with Crippen molar-refractivity contribution >= 4 is 11.1 Å². The quantitative estimate of drug-likeness (QED) is 0.685. The molecule has 20 heavy (non-hydrogen) atoms. The van der Waals surface area contributed by atoms with Crippen LogP contribution in [0.25, 0.3) is 11.1 Å². The zero-order chi connectivity index (χ0) is 13.6. The standard InChI is InChI=1S/C20H16/c1-3-9-17(10-4-1)19-13-7-8-14-20(16-15-19)18-11-5-2-6-12-18/h1-16H. The van der Waals surface area contributed by atoms with Crippen LogP contribution in [0.1, 0.15) is 11.1 Å². The molecular formula is C20H16. The minimum Gasteiger partial charge on any atom is -0.0622 e. The molecule has 0 heteroatoms. The molecule has 0 amide bonds. The van der Waals surface area contributed by atoms with Gasteiger partial charge in [-0.15, -0.1) is 0 Å². The fourth-order valence-electron chi connectivity index (χ4n) is 2.26. The van der Waals surface area contributed by atoms with Gasteiger partial charge in [-0.2, -0.15) is 0 Å². The highest BCUT2D eigenvalue weighted by Gasteiger charge is 1.99. The van der Waals surface area contributed by atoms with Crippen molar-refractivity contribution in [1.82, 2.24) is 0 Å². The van der Waals surface area contributed by atoms with E-state index in [1.807, 2.05) is 12.1 Å². The molecule has 0 atom stereocenters. The third-order valence-electron chi connectivity index (χ3n) is 3.32. The van der Waals surface area contributed by atoms with E-state index in [-0.39, 0.29) is 0 Å². The molecule has 0 unspecified atom stereocenters. The van der Waals surface area contributed by atoms with E-state index in [0.29, 0.717) is 0 Å². The Balaban J connectivity index is 1.99. The predicted molar refractivity (Wildman–Crippen MR) is 87.1 cm³/mol. The molecule has 0 nitrogen and oxygen atoms in total. The maximum Gasteiger partial charge on any atom is -0.0184 e. The van der Waals surface area contributed by atoms with Gasteiger partial charge in [0.15, 0.2) is 0 Å². The molecule has 2 aromatic rings. The average Bonchev–Trinajstić information content (AvgIpc) is 2.49. The number of benzene rings is 2. The van der Waals surface area contributed by atoms with Crippen molar-refractivity contribution in [1.29, 1.82) is 0 Å². The lowest BCUT2D eigenvalue weighted by Crippen LogP contribution is -1.84. The van der Waals surface area contributed by atoms with E-state index in [0.717, 1.165) is 0 Å². The SMILES string of the molecule is C1=CC(c2ccccc2)=CC=C(c2ccccc2)C=C1. The Hall–Kier alpha value is -2.60. The van der Waals surface area contributed by atoms with Crippen LogP contribution >= 0.6 is 0 Å². The lowest BCUT2D eigenvalue weighted by molar-refractivity contribution is 1.59.